The molecule has 0 radical (unpaired) electrons. The first-order valence-electron chi connectivity index (χ1n) is 7.89. The quantitative estimate of drug-likeness (QED) is 0.716. The molecule has 4 nitrogen and oxygen atoms in total. The molecule has 0 bridgehead atoms. The van der Waals surface area contributed by atoms with Crippen molar-refractivity contribution >= 4 is 11.8 Å². The summed E-state index contributed by atoms with van der Waals surface area (Å²) < 4.78 is 1.98. The second-order valence-corrected chi connectivity index (χ2v) is 6.90. The van der Waals surface area contributed by atoms with Gasteiger partial charge in [0.2, 0.25) is 0 Å². The maximum Gasteiger partial charge on any atom is 0.191 e. The van der Waals surface area contributed by atoms with Crippen molar-refractivity contribution in [3.63, 3.8) is 0 Å². The van der Waals surface area contributed by atoms with E-state index in [1.807, 2.05) is 54.9 Å². The minimum Gasteiger partial charge on any atom is -0.388 e. The van der Waals surface area contributed by atoms with Crippen LogP contribution in [0.4, 0.5) is 0 Å². The fourth-order valence-corrected chi connectivity index (χ4v) is 3.42. The Morgan fingerprint density at radius 1 is 1.04 bits per heavy atom. The van der Waals surface area contributed by atoms with Crippen molar-refractivity contribution in [2.45, 2.75) is 25.1 Å². The van der Waals surface area contributed by atoms with E-state index in [-0.39, 0.29) is 0 Å². The van der Waals surface area contributed by atoms with E-state index in [4.69, 9.17) is 0 Å². The molecular formula is C19H21N3OS. The molecule has 3 aromatic rings. The molecule has 0 fully saturated rings. The Balaban J connectivity index is 1.73. The summed E-state index contributed by atoms with van der Waals surface area (Å²) in [6, 6.07) is 16.1. The number of benzene rings is 2. The number of aryl methyl sites for hydroxylation is 2. The SMILES string of the molecule is Cc1ccc(C(O)CSc2nnc(-c3ccccc3C)n2C)cc1. The van der Waals surface area contributed by atoms with Crippen molar-refractivity contribution in [1.82, 2.24) is 14.8 Å². The number of thioether (sulfide) groups is 1. The summed E-state index contributed by atoms with van der Waals surface area (Å²) in [5.41, 5.74) is 4.37. The average molecular weight is 339 g/mol. The molecule has 0 saturated heterocycles. The van der Waals surface area contributed by atoms with E-state index in [9.17, 15) is 5.11 Å². The molecule has 1 N–H and O–H groups in total. The summed E-state index contributed by atoms with van der Waals surface area (Å²) >= 11 is 1.51. The molecule has 1 heterocycles. The summed E-state index contributed by atoms with van der Waals surface area (Å²) in [5, 5.41) is 19.8. The van der Waals surface area contributed by atoms with Gasteiger partial charge < -0.3 is 9.67 Å². The molecule has 0 aliphatic carbocycles. The Bertz CT molecular complexity index is 827. The summed E-state index contributed by atoms with van der Waals surface area (Å²) in [5.74, 6) is 1.39. The third-order valence-corrected chi connectivity index (χ3v) is 5.15. The Hall–Kier alpha value is -2.11. The van der Waals surface area contributed by atoms with Crippen LogP contribution in [-0.2, 0) is 7.05 Å². The van der Waals surface area contributed by atoms with E-state index in [0.29, 0.717) is 5.75 Å². The minimum atomic E-state index is -0.519. The van der Waals surface area contributed by atoms with Gasteiger partial charge in [-0.25, -0.2) is 0 Å². The first kappa shape index (κ1) is 16.7. The third kappa shape index (κ3) is 3.52. The molecule has 3 rings (SSSR count). The Morgan fingerprint density at radius 3 is 2.46 bits per heavy atom. The van der Waals surface area contributed by atoms with Gasteiger partial charge in [-0.15, -0.1) is 10.2 Å². The summed E-state index contributed by atoms with van der Waals surface area (Å²) in [4.78, 5) is 0. The van der Waals surface area contributed by atoms with Gasteiger partial charge in [-0.3, -0.25) is 0 Å². The van der Waals surface area contributed by atoms with Gasteiger partial charge in [0, 0.05) is 18.4 Å². The first-order chi connectivity index (χ1) is 11.6. The van der Waals surface area contributed by atoms with Crippen molar-refractivity contribution < 1.29 is 5.11 Å². The number of nitrogens with zero attached hydrogens (tertiary/aromatic N) is 3. The van der Waals surface area contributed by atoms with Crippen LogP contribution < -0.4 is 0 Å². The Kier molecular flexibility index (Phi) is 5.02. The Labute approximate surface area is 146 Å². The molecule has 0 aliphatic heterocycles. The summed E-state index contributed by atoms with van der Waals surface area (Å²) in [7, 11) is 1.96. The highest BCUT2D eigenvalue weighted by atomic mass is 32.2. The lowest BCUT2D eigenvalue weighted by Crippen LogP contribution is -2.02. The highest BCUT2D eigenvalue weighted by Crippen LogP contribution is 2.27. The molecule has 124 valence electrons. The number of rotatable bonds is 5. The van der Waals surface area contributed by atoms with Crippen LogP contribution in [0.25, 0.3) is 11.4 Å². The largest absolute Gasteiger partial charge is 0.388 e. The smallest absolute Gasteiger partial charge is 0.191 e. The van der Waals surface area contributed by atoms with Gasteiger partial charge in [0.15, 0.2) is 11.0 Å². The highest BCUT2D eigenvalue weighted by molar-refractivity contribution is 7.99. The van der Waals surface area contributed by atoms with Crippen LogP contribution in [0, 0.1) is 13.8 Å². The number of aromatic nitrogens is 3. The molecule has 2 aromatic carbocycles. The molecule has 1 atom stereocenters. The Morgan fingerprint density at radius 2 is 1.75 bits per heavy atom. The predicted molar refractivity (Wildman–Crippen MR) is 98.0 cm³/mol. The molecule has 0 aliphatic rings. The van der Waals surface area contributed by atoms with Gasteiger partial charge in [-0.1, -0.05) is 65.9 Å². The lowest BCUT2D eigenvalue weighted by molar-refractivity contribution is 0.204. The lowest BCUT2D eigenvalue weighted by Gasteiger charge is -2.11. The van der Waals surface area contributed by atoms with Crippen LogP contribution in [0.15, 0.2) is 53.7 Å². The molecule has 1 unspecified atom stereocenters. The minimum absolute atomic E-state index is 0.519. The van der Waals surface area contributed by atoms with E-state index in [0.717, 1.165) is 22.1 Å². The molecule has 0 amide bonds. The average Bonchev–Trinajstić information content (AvgIpc) is 2.94. The number of aliphatic hydroxyl groups is 1. The van der Waals surface area contributed by atoms with Crippen LogP contribution in [0.2, 0.25) is 0 Å². The molecule has 24 heavy (non-hydrogen) atoms. The molecule has 0 spiro atoms. The fraction of sp³-hybridized carbons (Fsp3) is 0.263. The van der Waals surface area contributed by atoms with E-state index in [1.54, 1.807) is 0 Å². The normalized spacial score (nSPS) is 12.3. The van der Waals surface area contributed by atoms with Gasteiger partial charge in [0.1, 0.15) is 0 Å². The number of hydrogen-bond donors (Lipinski definition) is 1. The zero-order chi connectivity index (χ0) is 17.1. The van der Waals surface area contributed by atoms with Gasteiger partial charge in [0.25, 0.3) is 0 Å². The molecule has 5 heteroatoms. The second kappa shape index (κ2) is 7.20. The van der Waals surface area contributed by atoms with E-state index >= 15 is 0 Å². The monoisotopic (exact) mass is 339 g/mol. The van der Waals surface area contributed by atoms with Gasteiger partial charge in [-0.2, -0.15) is 0 Å². The number of hydrogen-bond acceptors (Lipinski definition) is 4. The van der Waals surface area contributed by atoms with Crippen molar-refractivity contribution in [2.24, 2.45) is 7.05 Å². The number of aliphatic hydroxyl groups excluding tert-OH is 1. The van der Waals surface area contributed by atoms with Gasteiger partial charge in [0.05, 0.1) is 6.10 Å². The maximum absolute atomic E-state index is 10.4. The molecular weight excluding hydrogens is 318 g/mol. The standard InChI is InChI=1S/C19H21N3OS/c1-13-8-10-15(11-9-13)17(23)12-24-19-21-20-18(22(19)3)16-7-5-4-6-14(16)2/h4-11,17,23H,12H2,1-3H3. The van der Waals surface area contributed by atoms with Crippen LogP contribution >= 0.6 is 11.8 Å². The van der Waals surface area contributed by atoms with E-state index < -0.39 is 6.10 Å². The third-order valence-electron chi connectivity index (χ3n) is 4.05. The van der Waals surface area contributed by atoms with E-state index in [2.05, 4.69) is 29.3 Å². The fourth-order valence-electron chi connectivity index (χ4n) is 2.54. The summed E-state index contributed by atoms with van der Waals surface area (Å²) in [6.07, 6.45) is -0.519. The zero-order valence-electron chi connectivity index (χ0n) is 14.1. The topological polar surface area (TPSA) is 50.9 Å². The maximum atomic E-state index is 10.4. The van der Waals surface area contributed by atoms with Crippen LogP contribution in [-0.4, -0.2) is 25.6 Å². The van der Waals surface area contributed by atoms with Crippen LogP contribution in [0.3, 0.4) is 0 Å². The second-order valence-electron chi connectivity index (χ2n) is 5.92. The molecule has 1 aromatic heterocycles. The van der Waals surface area contributed by atoms with E-state index in [1.165, 1.54) is 22.9 Å². The van der Waals surface area contributed by atoms with Crippen LogP contribution in [0.5, 0.6) is 0 Å². The van der Waals surface area contributed by atoms with Crippen molar-refractivity contribution in [3.05, 3.63) is 65.2 Å². The van der Waals surface area contributed by atoms with Gasteiger partial charge >= 0.3 is 0 Å². The highest BCUT2D eigenvalue weighted by Gasteiger charge is 2.15. The molecule has 0 saturated carbocycles. The van der Waals surface area contributed by atoms with Crippen molar-refractivity contribution in [1.29, 1.82) is 0 Å². The van der Waals surface area contributed by atoms with Crippen molar-refractivity contribution in [3.8, 4) is 11.4 Å². The lowest BCUT2D eigenvalue weighted by atomic mass is 10.1. The zero-order valence-corrected chi connectivity index (χ0v) is 14.9. The van der Waals surface area contributed by atoms with Crippen LogP contribution in [0.1, 0.15) is 22.8 Å². The van der Waals surface area contributed by atoms with Gasteiger partial charge in [-0.05, 0) is 25.0 Å². The summed E-state index contributed by atoms with van der Waals surface area (Å²) in [6.45, 7) is 4.11. The predicted octanol–water partition coefficient (Wildman–Crippen LogP) is 3.92. The first-order valence-corrected chi connectivity index (χ1v) is 8.87. The van der Waals surface area contributed by atoms with Crippen molar-refractivity contribution in [2.75, 3.05) is 5.75 Å².